The van der Waals surface area contributed by atoms with Crippen molar-refractivity contribution in [2.45, 2.75) is 39.7 Å². The molecule has 0 aliphatic carbocycles. The minimum atomic E-state index is -0.516. The molecule has 1 N–H and O–H groups in total. The molecule has 0 atom stereocenters. The molecule has 0 aromatic heterocycles. The smallest absolute Gasteiger partial charge is 0.410 e. The number of piperazine rings is 1. The van der Waals surface area contributed by atoms with Gasteiger partial charge in [0, 0.05) is 26.2 Å². The Kier molecular flexibility index (Phi) is 6.71. The topological polar surface area (TPSA) is 71.1 Å². The zero-order valence-electron chi connectivity index (χ0n) is 16.1. The van der Waals surface area contributed by atoms with Crippen LogP contribution in [0.15, 0.2) is 24.3 Å². The summed E-state index contributed by atoms with van der Waals surface area (Å²) in [6.07, 6.45) is 0.536. The van der Waals surface area contributed by atoms with Gasteiger partial charge in [0.15, 0.2) is 6.73 Å². The molecular weight excluding hydrogens is 334 g/mol. The summed E-state index contributed by atoms with van der Waals surface area (Å²) in [5.41, 5.74) is 0.588. The molecule has 0 unspecified atom stereocenters. The van der Waals surface area contributed by atoms with E-state index in [0.717, 1.165) is 17.7 Å². The van der Waals surface area contributed by atoms with Crippen LogP contribution in [0.25, 0.3) is 0 Å². The standard InChI is InChI=1S/C19H29N3O4/c1-5-15-8-6-7-9-16(15)25-14-20-17(23)21-10-12-22(13-11-21)18(24)26-19(2,3)4/h6-9H,5,10-14H2,1-4H3,(H,20,23). The van der Waals surface area contributed by atoms with Crippen molar-refractivity contribution in [3.05, 3.63) is 29.8 Å². The normalized spacial score (nSPS) is 14.8. The lowest BCUT2D eigenvalue weighted by Crippen LogP contribution is -2.54. The van der Waals surface area contributed by atoms with Crippen LogP contribution in [0.4, 0.5) is 9.59 Å². The van der Waals surface area contributed by atoms with Crippen molar-refractivity contribution in [2.24, 2.45) is 0 Å². The van der Waals surface area contributed by atoms with Crippen molar-refractivity contribution in [1.29, 1.82) is 0 Å². The summed E-state index contributed by atoms with van der Waals surface area (Å²) in [6.45, 7) is 9.55. The number of para-hydroxylation sites is 1. The number of urea groups is 1. The van der Waals surface area contributed by atoms with E-state index < -0.39 is 5.60 Å². The van der Waals surface area contributed by atoms with E-state index >= 15 is 0 Å². The Morgan fingerprint density at radius 1 is 1.08 bits per heavy atom. The van der Waals surface area contributed by atoms with Crippen LogP contribution in [0.2, 0.25) is 0 Å². The Hall–Kier alpha value is -2.44. The van der Waals surface area contributed by atoms with Gasteiger partial charge in [0.05, 0.1) is 0 Å². The molecule has 144 valence electrons. The van der Waals surface area contributed by atoms with E-state index in [9.17, 15) is 9.59 Å². The number of benzene rings is 1. The SMILES string of the molecule is CCc1ccccc1OCNC(=O)N1CCN(C(=O)OC(C)(C)C)CC1. The molecule has 2 rings (SSSR count). The van der Waals surface area contributed by atoms with Gasteiger partial charge in [-0.05, 0) is 38.8 Å². The minimum Gasteiger partial charge on any atom is -0.473 e. The number of nitrogens with one attached hydrogen (secondary N) is 1. The van der Waals surface area contributed by atoms with Crippen LogP contribution in [-0.4, -0.2) is 60.4 Å². The summed E-state index contributed by atoms with van der Waals surface area (Å²) in [4.78, 5) is 27.6. The molecule has 1 heterocycles. The third kappa shape index (κ3) is 5.82. The molecule has 1 aliphatic rings. The van der Waals surface area contributed by atoms with Crippen molar-refractivity contribution in [2.75, 3.05) is 32.9 Å². The number of hydrogen-bond acceptors (Lipinski definition) is 4. The summed E-state index contributed by atoms with van der Waals surface area (Å²) in [7, 11) is 0. The summed E-state index contributed by atoms with van der Waals surface area (Å²) in [5, 5.41) is 2.76. The number of amides is 3. The first-order valence-electron chi connectivity index (χ1n) is 9.01. The number of nitrogens with zero attached hydrogens (tertiary/aromatic N) is 2. The molecule has 1 aliphatic heterocycles. The number of carbonyl (C=O) groups excluding carboxylic acids is 2. The second-order valence-electron chi connectivity index (χ2n) is 7.19. The summed E-state index contributed by atoms with van der Waals surface area (Å²) < 4.78 is 11.0. The molecule has 7 nitrogen and oxygen atoms in total. The third-order valence-corrected chi connectivity index (χ3v) is 4.02. The van der Waals surface area contributed by atoms with Gasteiger partial charge in [-0.2, -0.15) is 0 Å². The minimum absolute atomic E-state index is 0.113. The maximum atomic E-state index is 12.2. The first kappa shape index (κ1) is 19.9. The van der Waals surface area contributed by atoms with Crippen molar-refractivity contribution in [3.63, 3.8) is 0 Å². The molecule has 26 heavy (non-hydrogen) atoms. The molecule has 0 saturated carbocycles. The second-order valence-corrected chi connectivity index (χ2v) is 7.19. The van der Waals surface area contributed by atoms with Crippen molar-refractivity contribution >= 4 is 12.1 Å². The lowest BCUT2D eigenvalue weighted by Gasteiger charge is -2.35. The van der Waals surface area contributed by atoms with Crippen LogP contribution < -0.4 is 10.1 Å². The molecular formula is C19H29N3O4. The van der Waals surface area contributed by atoms with Crippen LogP contribution in [0.5, 0.6) is 5.75 Å². The van der Waals surface area contributed by atoms with E-state index in [4.69, 9.17) is 9.47 Å². The third-order valence-electron chi connectivity index (χ3n) is 4.02. The fraction of sp³-hybridized carbons (Fsp3) is 0.579. The fourth-order valence-corrected chi connectivity index (χ4v) is 2.64. The van der Waals surface area contributed by atoms with E-state index in [1.807, 2.05) is 45.0 Å². The quantitative estimate of drug-likeness (QED) is 0.835. The number of carbonyl (C=O) groups is 2. The molecule has 1 aromatic carbocycles. The highest BCUT2D eigenvalue weighted by Gasteiger charge is 2.27. The molecule has 3 amide bonds. The first-order valence-corrected chi connectivity index (χ1v) is 9.01. The first-order chi connectivity index (χ1) is 12.3. The van der Waals surface area contributed by atoms with Gasteiger partial charge in [0.25, 0.3) is 0 Å². The monoisotopic (exact) mass is 363 g/mol. The van der Waals surface area contributed by atoms with Gasteiger partial charge < -0.3 is 24.6 Å². The van der Waals surface area contributed by atoms with Gasteiger partial charge in [0.1, 0.15) is 11.4 Å². The second kappa shape index (κ2) is 8.78. The Morgan fingerprint density at radius 2 is 1.69 bits per heavy atom. The van der Waals surface area contributed by atoms with Gasteiger partial charge in [-0.15, -0.1) is 0 Å². The molecule has 1 fully saturated rings. The van der Waals surface area contributed by atoms with E-state index in [1.165, 1.54) is 0 Å². The molecule has 0 radical (unpaired) electrons. The number of rotatable bonds is 4. The van der Waals surface area contributed by atoms with Crippen molar-refractivity contribution < 1.29 is 19.1 Å². The number of ether oxygens (including phenoxy) is 2. The van der Waals surface area contributed by atoms with Gasteiger partial charge in [-0.3, -0.25) is 0 Å². The van der Waals surface area contributed by atoms with Gasteiger partial charge >= 0.3 is 12.1 Å². The van der Waals surface area contributed by atoms with Crippen LogP contribution in [0.1, 0.15) is 33.3 Å². The largest absolute Gasteiger partial charge is 0.473 e. The highest BCUT2D eigenvalue weighted by Crippen LogP contribution is 2.17. The molecule has 0 bridgehead atoms. The van der Waals surface area contributed by atoms with Gasteiger partial charge in [0.2, 0.25) is 0 Å². The lowest BCUT2D eigenvalue weighted by atomic mass is 10.1. The molecule has 1 saturated heterocycles. The van der Waals surface area contributed by atoms with Gasteiger partial charge in [-0.25, -0.2) is 9.59 Å². The Balaban J connectivity index is 1.74. The van der Waals surface area contributed by atoms with Gasteiger partial charge in [-0.1, -0.05) is 25.1 Å². The zero-order valence-corrected chi connectivity index (χ0v) is 16.1. The highest BCUT2D eigenvalue weighted by atomic mass is 16.6. The predicted molar refractivity (Wildman–Crippen MR) is 99.2 cm³/mol. The summed E-state index contributed by atoms with van der Waals surface area (Å²) in [6, 6.07) is 7.58. The maximum Gasteiger partial charge on any atom is 0.410 e. The van der Waals surface area contributed by atoms with Crippen LogP contribution in [0, 0.1) is 0 Å². The molecule has 7 heteroatoms. The lowest BCUT2D eigenvalue weighted by molar-refractivity contribution is 0.0168. The van der Waals surface area contributed by atoms with Crippen LogP contribution >= 0.6 is 0 Å². The highest BCUT2D eigenvalue weighted by molar-refractivity contribution is 5.75. The average Bonchev–Trinajstić information content (AvgIpc) is 2.60. The Labute approximate surface area is 155 Å². The van der Waals surface area contributed by atoms with Crippen LogP contribution in [-0.2, 0) is 11.2 Å². The van der Waals surface area contributed by atoms with E-state index in [0.29, 0.717) is 26.2 Å². The summed E-state index contributed by atoms with van der Waals surface area (Å²) in [5.74, 6) is 0.782. The molecule has 0 spiro atoms. The average molecular weight is 363 g/mol. The van der Waals surface area contributed by atoms with Crippen molar-refractivity contribution in [1.82, 2.24) is 15.1 Å². The Bertz CT molecular complexity index is 619. The Morgan fingerprint density at radius 3 is 2.31 bits per heavy atom. The van der Waals surface area contributed by atoms with Crippen molar-refractivity contribution in [3.8, 4) is 5.75 Å². The van der Waals surface area contributed by atoms with Crippen LogP contribution in [0.3, 0.4) is 0 Å². The fourth-order valence-electron chi connectivity index (χ4n) is 2.64. The number of hydrogen-bond donors (Lipinski definition) is 1. The molecule has 1 aromatic rings. The predicted octanol–water partition coefficient (Wildman–Crippen LogP) is 2.85. The van der Waals surface area contributed by atoms with E-state index in [-0.39, 0.29) is 18.9 Å². The summed E-state index contributed by atoms with van der Waals surface area (Å²) >= 11 is 0. The van der Waals surface area contributed by atoms with E-state index in [2.05, 4.69) is 12.2 Å². The number of aryl methyl sites for hydroxylation is 1. The maximum absolute atomic E-state index is 12.2. The van der Waals surface area contributed by atoms with E-state index in [1.54, 1.807) is 9.80 Å². The zero-order chi connectivity index (χ0) is 19.2.